The summed E-state index contributed by atoms with van der Waals surface area (Å²) in [6.45, 7) is 6.41. The van der Waals surface area contributed by atoms with E-state index in [1.54, 1.807) is 0 Å². The molecule has 0 saturated carbocycles. The van der Waals surface area contributed by atoms with Crippen molar-refractivity contribution < 1.29 is 9.18 Å². The lowest BCUT2D eigenvalue weighted by Gasteiger charge is -2.19. The number of hydrogen-bond donors (Lipinski definition) is 1. The highest BCUT2D eigenvalue weighted by molar-refractivity contribution is 9.10. The lowest BCUT2D eigenvalue weighted by molar-refractivity contribution is 0.102. The van der Waals surface area contributed by atoms with Crippen LogP contribution in [0.4, 0.5) is 10.1 Å². The van der Waals surface area contributed by atoms with Gasteiger partial charge in [0, 0.05) is 11.3 Å². The second kappa shape index (κ2) is 5.98. The van der Waals surface area contributed by atoms with Gasteiger partial charge in [-0.2, -0.15) is 0 Å². The first-order valence-corrected chi connectivity index (χ1v) is 7.43. The summed E-state index contributed by atoms with van der Waals surface area (Å²) in [6.07, 6.45) is 0. The molecule has 0 aromatic heterocycles. The maximum Gasteiger partial charge on any atom is 0.255 e. The molecule has 0 aliphatic rings. The third-order valence-corrected chi connectivity index (χ3v) is 3.80. The Morgan fingerprint density at radius 2 is 1.71 bits per heavy atom. The number of rotatable bonds is 2. The summed E-state index contributed by atoms with van der Waals surface area (Å²) < 4.78 is 13.4. The molecule has 2 aromatic rings. The van der Waals surface area contributed by atoms with Gasteiger partial charge in [-0.3, -0.25) is 4.79 Å². The number of nitrogens with one attached hydrogen (secondary N) is 1. The fourth-order valence-electron chi connectivity index (χ4n) is 1.89. The summed E-state index contributed by atoms with van der Waals surface area (Å²) in [6, 6.07) is 11.9. The normalized spacial score (nSPS) is 11.3. The van der Waals surface area contributed by atoms with Crippen molar-refractivity contribution in [3.05, 3.63) is 63.9 Å². The van der Waals surface area contributed by atoms with E-state index in [1.165, 1.54) is 23.8 Å². The van der Waals surface area contributed by atoms with Gasteiger partial charge in [-0.05, 0) is 57.2 Å². The minimum absolute atomic E-state index is 0.0738. The van der Waals surface area contributed by atoms with Crippen LogP contribution in [0, 0.1) is 5.82 Å². The summed E-state index contributed by atoms with van der Waals surface area (Å²) in [5, 5.41) is 2.80. The summed E-state index contributed by atoms with van der Waals surface area (Å²) >= 11 is 3.08. The zero-order valence-corrected chi connectivity index (χ0v) is 13.8. The molecule has 0 saturated heterocycles. The lowest BCUT2D eigenvalue weighted by atomic mass is 9.87. The largest absolute Gasteiger partial charge is 0.322 e. The van der Waals surface area contributed by atoms with Crippen molar-refractivity contribution in [2.45, 2.75) is 26.2 Å². The Morgan fingerprint density at radius 1 is 1.10 bits per heavy atom. The Labute approximate surface area is 132 Å². The first-order chi connectivity index (χ1) is 9.77. The molecule has 0 fully saturated rings. The second-order valence-electron chi connectivity index (χ2n) is 5.91. The van der Waals surface area contributed by atoms with Gasteiger partial charge in [0.1, 0.15) is 5.82 Å². The second-order valence-corrected chi connectivity index (χ2v) is 6.76. The van der Waals surface area contributed by atoms with Crippen molar-refractivity contribution in [3.63, 3.8) is 0 Å². The fraction of sp³-hybridized carbons (Fsp3) is 0.235. The standard InChI is InChI=1S/C17H17BrFNO/c1-17(2,3)12-5-7-13(8-6-12)20-16(21)11-4-9-15(19)14(18)10-11/h4-10H,1-3H3,(H,20,21). The summed E-state index contributed by atoms with van der Waals surface area (Å²) in [4.78, 5) is 12.1. The first kappa shape index (κ1) is 15.7. The van der Waals surface area contributed by atoms with Gasteiger partial charge in [-0.1, -0.05) is 32.9 Å². The SMILES string of the molecule is CC(C)(C)c1ccc(NC(=O)c2ccc(F)c(Br)c2)cc1. The van der Waals surface area contributed by atoms with Crippen molar-refractivity contribution in [1.82, 2.24) is 0 Å². The topological polar surface area (TPSA) is 29.1 Å². The van der Waals surface area contributed by atoms with Gasteiger partial charge >= 0.3 is 0 Å². The van der Waals surface area contributed by atoms with Crippen molar-refractivity contribution in [2.75, 3.05) is 5.32 Å². The molecule has 4 heteroatoms. The lowest BCUT2D eigenvalue weighted by Crippen LogP contribution is -2.13. The van der Waals surface area contributed by atoms with E-state index in [2.05, 4.69) is 42.0 Å². The Morgan fingerprint density at radius 3 is 2.24 bits per heavy atom. The smallest absolute Gasteiger partial charge is 0.255 e. The minimum atomic E-state index is -0.388. The molecule has 2 nitrogen and oxygen atoms in total. The number of anilines is 1. The van der Waals surface area contributed by atoms with Crippen LogP contribution in [0.2, 0.25) is 0 Å². The number of benzene rings is 2. The van der Waals surface area contributed by atoms with Crippen LogP contribution in [-0.4, -0.2) is 5.91 Å². The Balaban J connectivity index is 2.14. The van der Waals surface area contributed by atoms with Gasteiger partial charge in [-0.15, -0.1) is 0 Å². The zero-order chi connectivity index (χ0) is 15.6. The molecule has 0 radical (unpaired) electrons. The van der Waals surface area contributed by atoms with E-state index in [0.717, 1.165) is 0 Å². The number of carbonyl (C=O) groups excluding carboxylic acids is 1. The molecule has 0 bridgehead atoms. The van der Waals surface area contributed by atoms with Crippen LogP contribution >= 0.6 is 15.9 Å². The number of amides is 1. The average molecular weight is 350 g/mol. The molecule has 1 N–H and O–H groups in total. The monoisotopic (exact) mass is 349 g/mol. The first-order valence-electron chi connectivity index (χ1n) is 6.64. The molecule has 0 spiro atoms. The maximum absolute atomic E-state index is 13.2. The highest BCUT2D eigenvalue weighted by atomic mass is 79.9. The van der Waals surface area contributed by atoms with E-state index < -0.39 is 0 Å². The van der Waals surface area contributed by atoms with Gasteiger partial charge in [0.05, 0.1) is 4.47 Å². The number of hydrogen-bond acceptors (Lipinski definition) is 1. The Kier molecular flexibility index (Phi) is 4.47. The van der Waals surface area contributed by atoms with Gasteiger partial charge in [0.15, 0.2) is 0 Å². The number of halogens is 2. The van der Waals surface area contributed by atoms with E-state index in [0.29, 0.717) is 11.3 Å². The van der Waals surface area contributed by atoms with Crippen molar-refractivity contribution in [2.24, 2.45) is 0 Å². The molecule has 0 aliphatic heterocycles. The minimum Gasteiger partial charge on any atom is -0.322 e. The predicted molar refractivity (Wildman–Crippen MR) is 87.2 cm³/mol. The van der Waals surface area contributed by atoms with Gasteiger partial charge in [0.2, 0.25) is 0 Å². The van der Waals surface area contributed by atoms with Gasteiger partial charge in [-0.25, -0.2) is 4.39 Å². The van der Waals surface area contributed by atoms with Crippen LogP contribution in [0.15, 0.2) is 46.9 Å². The van der Waals surface area contributed by atoms with E-state index >= 15 is 0 Å². The summed E-state index contributed by atoms with van der Waals surface area (Å²) in [5.41, 5.74) is 2.39. The van der Waals surface area contributed by atoms with Gasteiger partial charge in [0.25, 0.3) is 5.91 Å². The Hall–Kier alpha value is -1.68. The number of carbonyl (C=O) groups is 1. The Bertz CT molecular complexity index is 659. The van der Waals surface area contributed by atoms with Crippen molar-refractivity contribution >= 4 is 27.5 Å². The zero-order valence-electron chi connectivity index (χ0n) is 12.2. The van der Waals surface area contributed by atoms with Crippen LogP contribution in [0.3, 0.4) is 0 Å². The van der Waals surface area contributed by atoms with Crippen LogP contribution in [0.5, 0.6) is 0 Å². The van der Waals surface area contributed by atoms with E-state index in [4.69, 9.17) is 0 Å². The molecular formula is C17H17BrFNO. The molecular weight excluding hydrogens is 333 g/mol. The maximum atomic E-state index is 13.2. The van der Waals surface area contributed by atoms with Crippen molar-refractivity contribution in [1.29, 1.82) is 0 Å². The van der Waals surface area contributed by atoms with E-state index in [9.17, 15) is 9.18 Å². The van der Waals surface area contributed by atoms with Crippen LogP contribution in [0.1, 0.15) is 36.7 Å². The third-order valence-electron chi connectivity index (χ3n) is 3.19. The highest BCUT2D eigenvalue weighted by Gasteiger charge is 2.13. The average Bonchev–Trinajstić information content (AvgIpc) is 2.41. The van der Waals surface area contributed by atoms with E-state index in [-0.39, 0.29) is 21.6 Å². The van der Waals surface area contributed by atoms with E-state index in [1.807, 2.05) is 24.3 Å². The molecule has 0 unspecified atom stereocenters. The van der Waals surface area contributed by atoms with Crippen molar-refractivity contribution in [3.8, 4) is 0 Å². The third kappa shape index (κ3) is 3.91. The molecule has 0 heterocycles. The predicted octanol–water partition coefficient (Wildman–Crippen LogP) is 5.14. The summed E-state index contributed by atoms with van der Waals surface area (Å²) in [5.74, 6) is -0.653. The molecule has 21 heavy (non-hydrogen) atoms. The molecule has 0 atom stereocenters. The molecule has 110 valence electrons. The molecule has 0 aliphatic carbocycles. The molecule has 2 aromatic carbocycles. The molecule has 1 amide bonds. The highest BCUT2D eigenvalue weighted by Crippen LogP contribution is 2.24. The van der Waals surface area contributed by atoms with Gasteiger partial charge < -0.3 is 5.32 Å². The van der Waals surface area contributed by atoms with Crippen LogP contribution in [-0.2, 0) is 5.41 Å². The summed E-state index contributed by atoms with van der Waals surface area (Å²) in [7, 11) is 0. The quantitative estimate of drug-likeness (QED) is 0.799. The molecule has 2 rings (SSSR count). The van der Waals surface area contributed by atoms with Crippen LogP contribution < -0.4 is 5.32 Å². The van der Waals surface area contributed by atoms with Crippen LogP contribution in [0.25, 0.3) is 0 Å². The fourth-order valence-corrected chi connectivity index (χ4v) is 2.27.